The molecule has 0 heterocycles. The summed E-state index contributed by atoms with van der Waals surface area (Å²) in [5.41, 5.74) is 0. The molecule has 21 heavy (non-hydrogen) atoms. The maximum Gasteiger partial charge on any atom is 0.261 e. The summed E-state index contributed by atoms with van der Waals surface area (Å²) in [6, 6.07) is 9.32. The average Bonchev–Trinajstić information content (AvgIpc) is 2.42. The van der Waals surface area contributed by atoms with Crippen LogP contribution in [0.3, 0.4) is 0 Å². The smallest absolute Gasteiger partial charge is 0.261 e. The lowest BCUT2D eigenvalue weighted by Gasteiger charge is -2.11. The third kappa shape index (κ3) is 4.12. The molecule has 0 unspecified atom stereocenters. The average molecular weight is 457 g/mol. The number of hydrogen-bond acceptors (Lipinski definition) is 4. The molecule has 0 atom stereocenters. The second kappa shape index (κ2) is 6.56. The van der Waals surface area contributed by atoms with Crippen molar-refractivity contribution < 1.29 is 17.9 Å². The fourth-order valence-corrected chi connectivity index (χ4v) is 3.20. The molecule has 0 aliphatic heterocycles. The van der Waals surface area contributed by atoms with E-state index in [1.807, 2.05) is 0 Å². The molecule has 0 bridgehead atoms. The zero-order valence-electron chi connectivity index (χ0n) is 10.6. The predicted octanol–water partition coefficient (Wildman–Crippen LogP) is 4.94. The first-order chi connectivity index (χ1) is 9.81. The Balaban J connectivity index is 2.28. The number of halogens is 3. The van der Waals surface area contributed by atoms with E-state index in [-0.39, 0.29) is 4.90 Å². The Morgan fingerprint density at radius 1 is 1.00 bits per heavy atom. The van der Waals surface area contributed by atoms with E-state index in [1.165, 1.54) is 24.3 Å². The van der Waals surface area contributed by atoms with Crippen molar-refractivity contribution in [3.05, 3.63) is 45.3 Å². The third-order valence-corrected chi connectivity index (χ3v) is 5.15. The van der Waals surface area contributed by atoms with Gasteiger partial charge in [-0.1, -0.05) is 0 Å². The van der Waals surface area contributed by atoms with Crippen LogP contribution in [0.15, 0.2) is 50.2 Å². The first-order valence-electron chi connectivity index (χ1n) is 5.57. The highest BCUT2D eigenvalue weighted by molar-refractivity contribution is 9.11. The van der Waals surface area contributed by atoms with Crippen LogP contribution in [-0.2, 0) is 9.05 Å². The molecule has 0 radical (unpaired) electrons. The number of ether oxygens (including phenoxy) is 2. The molecular weight excluding hydrogens is 447 g/mol. The molecule has 0 aliphatic rings. The topological polar surface area (TPSA) is 52.6 Å². The lowest BCUT2D eigenvalue weighted by atomic mass is 10.3. The highest BCUT2D eigenvalue weighted by atomic mass is 79.9. The summed E-state index contributed by atoms with van der Waals surface area (Å²) in [5.74, 6) is 1.71. The first-order valence-corrected chi connectivity index (χ1v) is 9.46. The highest BCUT2D eigenvalue weighted by Gasteiger charge is 2.12. The van der Waals surface area contributed by atoms with Gasteiger partial charge in [-0.15, -0.1) is 0 Å². The monoisotopic (exact) mass is 454 g/mol. The summed E-state index contributed by atoms with van der Waals surface area (Å²) in [7, 11) is 3.09. The number of hydrogen-bond donors (Lipinski definition) is 0. The largest absolute Gasteiger partial charge is 0.496 e. The Morgan fingerprint density at radius 3 is 2.05 bits per heavy atom. The second-order valence-electron chi connectivity index (χ2n) is 3.93. The molecule has 4 nitrogen and oxygen atoms in total. The van der Waals surface area contributed by atoms with E-state index in [1.54, 1.807) is 19.2 Å². The van der Waals surface area contributed by atoms with Crippen LogP contribution in [-0.4, -0.2) is 15.5 Å². The molecular formula is C13H9Br2ClO4S. The van der Waals surface area contributed by atoms with Crippen molar-refractivity contribution in [3.8, 4) is 17.2 Å². The van der Waals surface area contributed by atoms with E-state index in [2.05, 4.69) is 31.9 Å². The summed E-state index contributed by atoms with van der Waals surface area (Å²) < 4.78 is 34.6. The summed E-state index contributed by atoms with van der Waals surface area (Å²) in [5, 5.41) is 0. The number of rotatable bonds is 4. The van der Waals surface area contributed by atoms with E-state index in [0.717, 1.165) is 4.47 Å². The van der Waals surface area contributed by atoms with Gasteiger partial charge in [0.2, 0.25) is 0 Å². The van der Waals surface area contributed by atoms with E-state index in [4.69, 9.17) is 20.2 Å². The van der Waals surface area contributed by atoms with Crippen LogP contribution in [0.25, 0.3) is 0 Å². The van der Waals surface area contributed by atoms with Crippen molar-refractivity contribution in [1.82, 2.24) is 0 Å². The molecule has 0 aromatic heterocycles. The molecule has 0 amide bonds. The van der Waals surface area contributed by atoms with Gasteiger partial charge in [-0.3, -0.25) is 0 Å². The fourth-order valence-electron chi connectivity index (χ4n) is 1.54. The standard InChI is InChI=1S/C13H9Br2ClO4S/c1-19-12-6-11(15)13(7-10(12)14)20-8-2-4-9(5-3-8)21(16,17)18/h2-7H,1H3. The van der Waals surface area contributed by atoms with Crippen molar-refractivity contribution in [2.24, 2.45) is 0 Å². The summed E-state index contributed by atoms with van der Waals surface area (Å²) in [6.45, 7) is 0. The highest BCUT2D eigenvalue weighted by Crippen LogP contribution is 2.38. The van der Waals surface area contributed by atoms with Gasteiger partial charge in [-0.25, -0.2) is 8.42 Å². The Labute approximate surface area is 143 Å². The molecule has 112 valence electrons. The van der Waals surface area contributed by atoms with Crippen molar-refractivity contribution >= 4 is 51.6 Å². The summed E-state index contributed by atoms with van der Waals surface area (Å²) in [4.78, 5) is 0.0199. The van der Waals surface area contributed by atoms with Gasteiger partial charge in [0, 0.05) is 10.7 Å². The summed E-state index contributed by atoms with van der Waals surface area (Å²) in [6.07, 6.45) is 0. The van der Waals surface area contributed by atoms with Gasteiger partial charge >= 0.3 is 0 Å². The van der Waals surface area contributed by atoms with Gasteiger partial charge in [-0.05, 0) is 68.3 Å². The lowest BCUT2D eigenvalue weighted by molar-refractivity contribution is 0.409. The third-order valence-electron chi connectivity index (χ3n) is 2.54. The van der Waals surface area contributed by atoms with Gasteiger partial charge in [0.15, 0.2) is 0 Å². The molecule has 2 rings (SSSR count). The minimum atomic E-state index is -3.73. The Bertz CT molecular complexity index is 760. The quantitative estimate of drug-likeness (QED) is 0.612. The maximum atomic E-state index is 11.2. The summed E-state index contributed by atoms with van der Waals surface area (Å²) >= 11 is 6.75. The van der Waals surface area contributed by atoms with Crippen LogP contribution < -0.4 is 9.47 Å². The molecule has 0 fully saturated rings. The van der Waals surface area contributed by atoms with E-state index in [9.17, 15) is 8.42 Å². The predicted molar refractivity (Wildman–Crippen MR) is 87.9 cm³/mol. The second-order valence-corrected chi connectivity index (χ2v) is 8.20. The maximum absolute atomic E-state index is 11.2. The van der Waals surface area contributed by atoms with E-state index in [0.29, 0.717) is 21.7 Å². The minimum absolute atomic E-state index is 0.0199. The molecule has 2 aromatic rings. The van der Waals surface area contributed by atoms with Gasteiger partial charge in [0.25, 0.3) is 9.05 Å². The van der Waals surface area contributed by atoms with E-state index < -0.39 is 9.05 Å². The van der Waals surface area contributed by atoms with E-state index >= 15 is 0 Å². The molecule has 8 heteroatoms. The van der Waals surface area contributed by atoms with Crippen LogP contribution in [0.1, 0.15) is 0 Å². The lowest BCUT2D eigenvalue weighted by Crippen LogP contribution is -1.92. The van der Waals surface area contributed by atoms with Crippen LogP contribution in [0.2, 0.25) is 0 Å². The Kier molecular flexibility index (Phi) is 5.19. The molecule has 0 saturated heterocycles. The van der Waals surface area contributed by atoms with Gasteiger partial charge in [0.05, 0.1) is 21.0 Å². The van der Waals surface area contributed by atoms with Crippen LogP contribution in [0.4, 0.5) is 0 Å². The molecule has 0 N–H and O–H groups in total. The first kappa shape index (κ1) is 16.6. The zero-order chi connectivity index (χ0) is 15.6. The van der Waals surface area contributed by atoms with Crippen LogP contribution in [0, 0.1) is 0 Å². The number of methoxy groups -OCH3 is 1. The van der Waals surface area contributed by atoms with Gasteiger partial charge < -0.3 is 9.47 Å². The van der Waals surface area contributed by atoms with Crippen LogP contribution in [0.5, 0.6) is 17.2 Å². The minimum Gasteiger partial charge on any atom is -0.496 e. The van der Waals surface area contributed by atoms with Gasteiger partial charge in [0.1, 0.15) is 17.2 Å². The fraction of sp³-hybridized carbons (Fsp3) is 0.0769. The molecule has 0 aliphatic carbocycles. The van der Waals surface area contributed by atoms with Crippen molar-refractivity contribution in [1.29, 1.82) is 0 Å². The molecule has 2 aromatic carbocycles. The van der Waals surface area contributed by atoms with Crippen molar-refractivity contribution in [2.75, 3.05) is 7.11 Å². The normalized spacial score (nSPS) is 11.2. The van der Waals surface area contributed by atoms with Crippen LogP contribution >= 0.6 is 42.5 Å². The zero-order valence-corrected chi connectivity index (χ0v) is 15.4. The van der Waals surface area contributed by atoms with Gasteiger partial charge in [-0.2, -0.15) is 0 Å². The Hall–Kier alpha value is -0.760. The Morgan fingerprint density at radius 2 is 1.52 bits per heavy atom. The van der Waals surface area contributed by atoms with Crippen molar-refractivity contribution in [3.63, 3.8) is 0 Å². The SMILES string of the molecule is COc1cc(Br)c(Oc2ccc(S(=O)(=O)Cl)cc2)cc1Br. The van der Waals surface area contributed by atoms with Crippen molar-refractivity contribution in [2.45, 2.75) is 4.90 Å². The molecule has 0 spiro atoms. The number of benzene rings is 2. The molecule has 0 saturated carbocycles.